The second kappa shape index (κ2) is 8.98. The molecule has 0 radical (unpaired) electrons. The molecule has 1 aromatic carbocycles. The van der Waals surface area contributed by atoms with Crippen LogP contribution >= 0.6 is 0 Å². The molecule has 22 heavy (non-hydrogen) atoms. The van der Waals surface area contributed by atoms with Crippen LogP contribution in [0.1, 0.15) is 25.8 Å². The van der Waals surface area contributed by atoms with Crippen molar-refractivity contribution in [2.45, 2.75) is 32.7 Å². The molecule has 126 valence electrons. The third-order valence-electron chi connectivity index (χ3n) is 3.76. The molecule has 0 amide bonds. The summed E-state index contributed by atoms with van der Waals surface area (Å²) in [5.41, 5.74) is 7.32. The number of methoxy groups -OCH3 is 2. The highest BCUT2D eigenvalue weighted by Gasteiger charge is 2.26. The second-order valence-electron chi connectivity index (χ2n) is 6.14. The molecule has 0 spiro atoms. The third-order valence-corrected chi connectivity index (χ3v) is 3.76. The Morgan fingerprint density at radius 2 is 1.95 bits per heavy atom. The van der Waals surface area contributed by atoms with Gasteiger partial charge >= 0.3 is 0 Å². The van der Waals surface area contributed by atoms with Gasteiger partial charge in [0.05, 0.1) is 20.3 Å². The number of nitrogens with two attached hydrogens (primary N) is 1. The van der Waals surface area contributed by atoms with Gasteiger partial charge in [0.25, 0.3) is 0 Å². The first-order valence-corrected chi connectivity index (χ1v) is 7.59. The van der Waals surface area contributed by atoms with Crippen molar-refractivity contribution >= 4 is 0 Å². The zero-order chi connectivity index (χ0) is 16.6. The Kier molecular flexibility index (Phi) is 7.65. The van der Waals surface area contributed by atoms with Crippen molar-refractivity contribution in [2.75, 3.05) is 34.0 Å². The van der Waals surface area contributed by atoms with E-state index in [1.54, 1.807) is 14.2 Å². The summed E-state index contributed by atoms with van der Waals surface area (Å²) in [5, 5.41) is 8.84. The minimum Gasteiger partial charge on any atom is -0.493 e. The fourth-order valence-electron chi connectivity index (χ4n) is 2.22. The maximum absolute atomic E-state index is 8.84. The monoisotopic (exact) mass is 311 g/mol. The van der Waals surface area contributed by atoms with E-state index in [1.807, 2.05) is 18.2 Å². The van der Waals surface area contributed by atoms with Crippen LogP contribution in [0.3, 0.4) is 0 Å². The molecule has 0 aliphatic carbocycles. The molecule has 1 rings (SSSR count). The van der Waals surface area contributed by atoms with Gasteiger partial charge in [-0.1, -0.05) is 19.9 Å². The van der Waals surface area contributed by atoms with E-state index in [0.29, 0.717) is 31.1 Å². The van der Waals surface area contributed by atoms with E-state index < -0.39 is 0 Å². The van der Waals surface area contributed by atoms with Crippen molar-refractivity contribution in [1.82, 2.24) is 0 Å². The van der Waals surface area contributed by atoms with Gasteiger partial charge in [-0.05, 0) is 24.1 Å². The van der Waals surface area contributed by atoms with Crippen LogP contribution in [0.4, 0.5) is 0 Å². The Morgan fingerprint density at radius 3 is 2.55 bits per heavy atom. The van der Waals surface area contributed by atoms with Crippen LogP contribution in [0, 0.1) is 5.41 Å². The van der Waals surface area contributed by atoms with Gasteiger partial charge in [0.15, 0.2) is 11.5 Å². The number of hydrogen-bond donors (Lipinski definition) is 2. The first kappa shape index (κ1) is 18.7. The van der Waals surface area contributed by atoms with Crippen molar-refractivity contribution in [3.8, 4) is 11.5 Å². The maximum Gasteiger partial charge on any atom is 0.161 e. The predicted octanol–water partition coefficient (Wildman–Crippen LogP) is 2.00. The van der Waals surface area contributed by atoms with Crippen molar-refractivity contribution in [3.63, 3.8) is 0 Å². The molecular weight excluding hydrogens is 282 g/mol. The predicted molar refractivity (Wildman–Crippen MR) is 87.5 cm³/mol. The van der Waals surface area contributed by atoms with Gasteiger partial charge in [0.1, 0.15) is 0 Å². The van der Waals surface area contributed by atoms with Gasteiger partial charge < -0.3 is 25.1 Å². The quantitative estimate of drug-likeness (QED) is 0.647. The van der Waals surface area contributed by atoms with E-state index in [9.17, 15) is 0 Å². The van der Waals surface area contributed by atoms with Gasteiger partial charge in [-0.2, -0.15) is 0 Å². The van der Waals surface area contributed by atoms with Gasteiger partial charge in [-0.3, -0.25) is 0 Å². The molecule has 0 aliphatic heterocycles. The Balaban J connectivity index is 2.80. The number of aliphatic hydroxyl groups excluding tert-OH is 1. The summed E-state index contributed by atoms with van der Waals surface area (Å²) in [6.45, 7) is 5.38. The summed E-state index contributed by atoms with van der Waals surface area (Å²) in [6.07, 6.45) is 1.32. The second-order valence-corrected chi connectivity index (χ2v) is 6.14. The molecule has 0 heterocycles. The average molecular weight is 311 g/mol. The molecule has 3 N–H and O–H groups in total. The Hall–Kier alpha value is -1.30. The normalized spacial score (nSPS) is 13.0. The Morgan fingerprint density at radius 1 is 1.23 bits per heavy atom. The van der Waals surface area contributed by atoms with Crippen molar-refractivity contribution in [2.24, 2.45) is 11.1 Å². The van der Waals surface area contributed by atoms with Gasteiger partial charge in [0.2, 0.25) is 0 Å². The van der Waals surface area contributed by atoms with E-state index in [0.717, 1.165) is 12.0 Å². The fourth-order valence-corrected chi connectivity index (χ4v) is 2.22. The molecule has 1 aromatic rings. The maximum atomic E-state index is 8.84. The van der Waals surface area contributed by atoms with Crippen molar-refractivity contribution in [3.05, 3.63) is 23.8 Å². The molecule has 5 nitrogen and oxygen atoms in total. The van der Waals surface area contributed by atoms with Crippen LogP contribution in [0.2, 0.25) is 0 Å². The molecule has 0 aliphatic rings. The standard InChI is InChI=1S/C17H29NO4/c1-17(2,12-20-3)16(18)11-13-6-7-14(21-4)15(10-13)22-9-5-8-19/h6-7,10,16,19H,5,8-9,11-12,18H2,1-4H3. The Bertz CT molecular complexity index is 448. The third kappa shape index (κ3) is 5.48. The molecule has 0 aromatic heterocycles. The molecule has 0 bridgehead atoms. The van der Waals surface area contributed by atoms with E-state index in [4.69, 9.17) is 25.1 Å². The first-order chi connectivity index (χ1) is 10.4. The van der Waals surface area contributed by atoms with Gasteiger partial charge in [-0.15, -0.1) is 0 Å². The lowest BCUT2D eigenvalue weighted by atomic mass is 9.82. The zero-order valence-electron chi connectivity index (χ0n) is 14.1. The van der Waals surface area contributed by atoms with Gasteiger partial charge in [0, 0.05) is 31.6 Å². The zero-order valence-corrected chi connectivity index (χ0v) is 14.1. The summed E-state index contributed by atoms with van der Waals surface area (Å²) in [4.78, 5) is 0. The first-order valence-electron chi connectivity index (χ1n) is 7.59. The minimum atomic E-state index is -0.105. The molecule has 1 atom stereocenters. The number of ether oxygens (including phenoxy) is 3. The molecule has 0 saturated heterocycles. The topological polar surface area (TPSA) is 73.9 Å². The van der Waals surface area contributed by atoms with E-state index >= 15 is 0 Å². The lowest BCUT2D eigenvalue weighted by Gasteiger charge is -2.31. The fraction of sp³-hybridized carbons (Fsp3) is 0.647. The summed E-state index contributed by atoms with van der Waals surface area (Å²) < 4.78 is 16.2. The minimum absolute atomic E-state index is 0.0221. The molecule has 0 fully saturated rings. The van der Waals surface area contributed by atoms with E-state index in [2.05, 4.69) is 13.8 Å². The highest BCUT2D eigenvalue weighted by Crippen LogP contribution is 2.30. The molecule has 1 unspecified atom stereocenters. The SMILES string of the molecule is COCC(C)(C)C(N)Cc1ccc(OC)c(OCCCO)c1. The number of benzene rings is 1. The molecule has 5 heteroatoms. The van der Waals surface area contributed by atoms with E-state index in [-0.39, 0.29) is 18.1 Å². The summed E-state index contributed by atoms with van der Waals surface area (Å²) in [5.74, 6) is 1.37. The van der Waals surface area contributed by atoms with Crippen LogP contribution in [0.5, 0.6) is 11.5 Å². The van der Waals surface area contributed by atoms with Gasteiger partial charge in [-0.25, -0.2) is 0 Å². The van der Waals surface area contributed by atoms with Crippen molar-refractivity contribution in [1.29, 1.82) is 0 Å². The molecular formula is C17H29NO4. The lowest BCUT2D eigenvalue weighted by molar-refractivity contribution is 0.0854. The van der Waals surface area contributed by atoms with Crippen LogP contribution in [-0.2, 0) is 11.2 Å². The number of rotatable bonds is 10. The molecule has 0 saturated carbocycles. The van der Waals surface area contributed by atoms with Crippen LogP contribution < -0.4 is 15.2 Å². The van der Waals surface area contributed by atoms with Crippen LogP contribution in [-0.4, -0.2) is 45.2 Å². The Labute approximate surface area is 133 Å². The largest absolute Gasteiger partial charge is 0.493 e. The summed E-state index contributed by atoms with van der Waals surface area (Å²) >= 11 is 0. The average Bonchev–Trinajstić information content (AvgIpc) is 2.47. The smallest absolute Gasteiger partial charge is 0.161 e. The summed E-state index contributed by atoms with van der Waals surface area (Å²) in [7, 11) is 3.30. The van der Waals surface area contributed by atoms with Crippen LogP contribution in [0.25, 0.3) is 0 Å². The lowest BCUT2D eigenvalue weighted by Crippen LogP contribution is -2.42. The summed E-state index contributed by atoms with van der Waals surface area (Å²) in [6, 6.07) is 5.82. The number of hydrogen-bond acceptors (Lipinski definition) is 5. The highest BCUT2D eigenvalue weighted by atomic mass is 16.5. The number of aliphatic hydroxyl groups is 1. The van der Waals surface area contributed by atoms with E-state index in [1.165, 1.54) is 0 Å². The van der Waals surface area contributed by atoms with Crippen LogP contribution in [0.15, 0.2) is 18.2 Å². The van der Waals surface area contributed by atoms with Crippen molar-refractivity contribution < 1.29 is 19.3 Å². The highest BCUT2D eigenvalue weighted by molar-refractivity contribution is 5.43.